The van der Waals surface area contributed by atoms with Crippen molar-refractivity contribution in [1.29, 1.82) is 0 Å². The molecule has 0 aromatic carbocycles. The first-order valence-electron chi connectivity index (χ1n) is 24.8. The Morgan fingerprint density at radius 2 is 0.678 bits per heavy atom. The Bertz CT molecular complexity index is 1090. The topological polar surface area (TPSA) is 78.9 Å². The first-order valence-corrected chi connectivity index (χ1v) is 24.8. The van der Waals surface area contributed by atoms with Gasteiger partial charge in [-0.3, -0.25) is 14.4 Å². The van der Waals surface area contributed by atoms with Gasteiger partial charge in [-0.05, 0) is 96.3 Å². The molecule has 0 saturated carbocycles. The Kier molecular flexibility index (Phi) is 45.4. The zero-order valence-corrected chi connectivity index (χ0v) is 38.8. The Labute approximate surface area is 364 Å². The predicted molar refractivity (Wildman–Crippen MR) is 251 cm³/mol. The van der Waals surface area contributed by atoms with Gasteiger partial charge in [0.05, 0.1) is 0 Å². The molecule has 0 aliphatic heterocycles. The third-order valence-corrected chi connectivity index (χ3v) is 10.5. The van der Waals surface area contributed by atoms with Crippen LogP contribution in [0.4, 0.5) is 0 Å². The Morgan fingerprint density at radius 1 is 0.356 bits per heavy atom. The highest BCUT2D eigenvalue weighted by molar-refractivity contribution is 5.71. The summed E-state index contributed by atoms with van der Waals surface area (Å²) >= 11 is 0. The van der Waals surface area contributed by atoms with E-state index in [1.165, 1.54) is 109 Å². The number of carbonyl (C=O) groups excluding carboxylic acids is 3. The van der Waals surface area contributed by atoms with Gasteiger partial charge in [-0.1, -0.05) is 184 Å². The summed E-state index contributed by atoms with van der Waals surface area (Å²) in [7, 11) is 0. The lowest BCUT2D eigenvalue weighted by Crippen LogP contribution is -2.30. The summed E-state index contributed by atoms with van der Waals surface area (Å²) < 4.78 is 16.7. The number of hydrogen-bond donors (Lipinski definition) is 0. The normalized spacial score (nSPS) is 12.5. The highest BCUT2D eigenvalue weighted by Crippen LogP contribution is 2.14. The molecule has 0 heterocycles. The average molecular weight is 825 g/mol. The molecule has 0 rings (SSSR count). The molecule has 0 fully saturated rings. The van der Waals surface area contributed by atoms with Crippen LogP contribution >= 0.6 is 0 Å². The summed E-state index contributed by atoms with van der Waals surface area (Å²) in [6, 6.07) is 0. The summed E-state index contributed by atoms with van der Waals surface area (Å²) in [5.74, 6) is -0.971. The van der Waals surface area contributed by atoms with Crippen molar-refractivity contribution in [3.8, 4) is 0 Å². The summed E-state index contributed by atoms with van der Waals surface area (Å²) in [4.78, 5) is 37.8. The number of carbonyl (C=O) groups is 3. The average Bonchev–Trinajstić information content (AvgIpc) is 3.23. The zero-order valence-electron chi connectivity index (χ0n) is 38.8. The maximum absolute atomic E-state index is 12.7. The molecule has 1 atom stereocenters. The van der Waals surface area contributed by atoms with Crippen LogP contribution in [-0.4, -0.2) is 37.2 Å². The third kappa shape index (κ3) is 46.0. The second-order valence-corrected chi connectivity index (χ2v) is 16.3. The lowest BCUT2D eigenvalue weighted by molar-refractivity contribution is -0.167. The molecule has 0 N–H and O–H groups in total. The van der Waals surface area contributed by atoms with E-state index in [-0.39, 0.29) is 37.5 Å². The van der Waals surface area contributed by atoms with Crippen molar-refractivity contribution in [2.75, 3.05) is 13.2 Å². The molecule has 0 aromatic rings. The number of esters is 3. The van der Waals surface area contributed by atoms with Crippen molar-refractivity contribution in [1.82, 2.24) is 0 Å². The van der Waals surface area contributed by atoms with E-state index in [2.05, 4.69) is 81.5 Å². The van der Waals surface area contributed by atoms with E-state index in [0.29, 0.717) is 19.3 Å². The van der Waals surface area contributed by atoms with E-state index < -0.39 is 6.10 Å². The highest BCUT2D eigenvalue weighted by Gasteiger charge is 2.19. The molecule has 0 aliphatic rings. The molecule has 0 bridgehead atoms. The van der Waals surface area contributed by atoms with Gasteiger partial charge in [0.1, 0.15) is 13.2 Å². The third-order valence-electron chi connectivity index (χ3n) is 10.5. The van der Waals surface area contributed by atoms with Gasteiger partial charge in [0, 0.05) is 19.3 Å². The van der Waals surface area contributed by atoms with Gasteiger partial charge in [0.25, 0.3) is 0 Å². The van der Waals surface area contributed by atoms with Crippen LogP contribution < -0.4 is 0 Å². The van der Waals surface area contributed by atoms with Crippen molar-refractivity contribution in [3.63, 3.8) is 0 Å². The lowest BCUT2D eigenvalue weighted by Gasteiger charge is -2.18. The minimum Gasteiger partial charge on any atom is -0.462 e. The monoisotopic (exact) mass is 825 g/mol. The van der Waals surface area contributed by atoms with Gasteiger partial charge in [0.15, 0.2) is 6.10 Å². The van der Waals surface area contributed by atoms with E-state index in [1.54, 1.807) is 0 Å². The largest absolute Gasteiger partial charge is 0.462 e. The smallest absolute Gasteiger partial charge is 0.306 e. The van der Waals surface area contributed by atoms with E-state index in [0.717, 1.165) is 83.5 Å². The summed E-state index contributed by atoms with van der Waals surface area (Å²) in [6.45, 7) is 6.43. The van der Waals surface area contributed by atoms with Gasteiger partial charge in [-0.2, -0.15) is 0 Å². The minimum absolute atomic E-state index is 0.0975. The first kappa shape index (κ1) is 56.1. The van der Waals surface area contributed by atoms with Crippen molar-refractivity contribution >= 4 is 17.9 Å². The maximum atomic E-state index is 12.7. The molecule has 6 nitrogen and oxygen atoms in total. The molecular formula is C53H92O6. The van der Waals surface area contributed by atoms with Crippen LogP contribution in [0.2, 0.25) is 0 Å². The zero-order chi connectivity index (χ0) is 43.0. The molecule has 1 unspecified atom stereocenters. The SMILES string of the molecule is CC/C=C\C/C=C\C/C=C\CCCC(=O)OCC(COC(=O)CCCCCCC/C=C\CCCCCCCCCCC)OC(=O)CCCCCCC/C=C\CCCCC. The summed E-state index contributed by atoms with van der Waals surface area (Å²) in [5, 5.41) is 0. The van der Waals surface area contributed by atoms with Crippen molar-refractivity contribution in [3.05, 3.63) is 60.8 Å². The molecular weight excluding hydrogens is 733 g/mol. The standard InChI is InChI=1S/C53H92O6/c1-4-7-10-13-16-19-22-24-25-26-27-28-29-32-34-37-40-43-46-52(55)58-49-50(48-57-51(54)45-42-39-36-33-30-21-18-15-12-9-6-3)59-53(56)47-44-41-38-35-31-23-20-17-14-11-8-5-2/h9,12,17-18,20-21,27-28,33,36,50H,4-8,10-11,13-16,19,22-26,29-32,34-35,37-49H2,1-3H3/b12-9-,20-17-,21-18-,28-27-,36-33-. The fourth-order valence-electron chi connectivity index (χ4n) is 6.75. The molecule has 0 amide bonds. The van der Waals surface area contributed by atoms with Crippen molar-refractivity contribution in [2.45, 2.75) is 245 Å². The molecule has 59 heavy (non-hydrogen) atoms. The molecule has 0 aromatic heterocycles. The first-order chi connectivity index (χ1) is 29.0. The quantitative estimate of drug-likeness (QED) is 0.0263. The predicted octanol–water partition coefficient (Wildman–Crippen LogP) is 16.1. The molecule has 6 heteroatoms. The molecule has 0 spiro atoms. The number of rotatable bonds is 44. The maximum Gasteiger partial charge on any atom is 0.306 e. The van der Waals surface area contributed by atoms with Crippen LogP contribution in [-0.2, 0) is 28.6 Å². The van der Waals surface area contributed by atoms with Gasteiger partial charge in [-0.15, -0.1) is 0 Å². The Hall–Kier alpha value is -2.89. The van der Waals surface area contributed by atoms with E-state index in [4.69, 9.17) is 14.2 Å². The van der Waals surface area contributed by atoms with Crippen LogP contribution in [0.5, 0.6) is 0 Å². The molecule has 340 valence electrons. The number of unbranched alkanes of at least 4 members (excludes halogenated alkanes) is 23. The summed E-state index contributed by atoms with van der Waals surface area (Å²) in [6.07, 6.45) is 57.9. The van der Waals surface area contributed by atoms with Gasteiger partial charge >= 0.3 is 17.9 Å². The van der Waals surface area contributed by atoms with E-state index in [9.17, 15) is 14.4 Å². The fraction of sp³-hybridized carbons (Fsp3) is 0.755. The highest BCUT2D eigenvalue weighted by atomic mass is 16.6. The second-order valence-electron chi connectivity index (χ2n) is 16.3. The molecule has 0 saturated heterocycles. The minimum atomic E-state index is -0.799. The lowest BCUT2D eigenvalue weighted by atomic mass is 10.1. The number of ether oxygens (including phenoxy) is 3. The summed E-state index contributed by atoms with van der Waals surface area (Å²) in [5.41, 5.74) is 0. The fourth-order valence-corrected chi connectivity index (χ4v) is 6.75. The van der Waals surface area contributed by atoms with E-state index >= 15 is 0 Å². The number of allylic oxidation sites excluding steroid dienone is 10. The van der Waals surface area contributed by atoms with Crippen LogP contribution in [0, 0.1) is 0 Å². The van der Waals surface area contributed by atoms with Crippen molar-refractivity contribution in [2.24, 2.45) is 0 Å². The Morgan fingerprint density at radius 3 is 1.15 bits per heavy atom. The molecule has 0 aliphatic carbocycles. The number of hydrogen-bond acceptors (Lipinski definition) is 6. The van der Waals surface area contributed by atoms with Crippen LogP contribution in [0.1, 0.15) is 239 Å². The molecule has 0 radical (unpaired) electrons. The van der Waals surface area contributed by atoms with Gasteiger partial charge in [0.2, 0.25) is 0 Å². The van der Waals surface area contributed by atoms with Crippen molar-refractivity contribution < 1.29 is 28.6 Å². The Balaban J connectivity index is 4.39. The van der Waals surface area contributed by atoms with Crippen LogP contribution in [0.15, 0.2) is 60.8 Å². The van der Waals surface area contributed by atoms with Crippen LogP contribution in [0.3, 0.4) is 0 Å². The van der Waals surface area contributed by atoms with Gasteiger partial charge < -0.3 is 14.2 Å². The second kappa shape index (κ2) is 47.8. The van der Waals surface area contributed by atoms with E-state index in [1.807, 2.05) is 0 Å². The van der Waals surface area contributed by atoms with Crippen LogP contribution in [0.25, 0.3) is 0 Å². The van der Waals surface area contributed by atoms with Gasteiger partial charge in [-0.25, -0.2) is 0 Å².